The van der Waals surface area contributed by atoms with Gasteiger partial charge in [-0.15, -0.1) is 0 Å². The Hall–Kier alpha value is -4.65. The van der Waals surface area contributed by atoms with Gasteiger partial charge in [-0.05, 0) is 23.8 Å². The van der Waals surface area contributed by atoms with Crippen molar-refractivity contribution in [1.82, 2.24) is 29.9 Å². The Morgan fingerprint density at radius 2 is 1.04 bits per heavy atom. The molecule has 48 heavy (non-hydrogen) atoms. The predicted octanol–water partition coefficient (Wildman–Crippen LogP) is 0.650. The van der Waals surface area contributed by atoms with Crippen molar-refractivity contribution >= 4 is 36.0 Å². The van der Waals surface area contributed by atoms with Gasteiger partial charge in [-0.1, -0.05) is 0 Å². The van der Waals surface area contributed by atoms with E-state index in [1.807, 2.05) is 12.1 Å². The second-order valence-electron chi connectivity index (χ2n) is 11.3. The minimum absolute atomic E-state index is 0.177. The third kappa shape index (κ3) is 7.89. The van der Waals surface area contributed by atoms with Crippen molar-refractivity contribution in [2.24, 2.45) is 5.10 Å². The van der Waals surface area contributed by atoms with Crippen molar-refractivity contribution in [3.8, 4) is 17.5 Å². The zero-order valence-corrected chi connectivity index (χ0v) is 27.0. The lowest BCUT2D eigenvalue weighted by atomic mass is 10.2. The average Bonchev–Trinajstić information content (AvgIpc) is 3.16. The second kappa shape index (κ2) is 15.5. The Morgan fingerprint density at radius 1 is 0.604 bits per heavy atom. The highest BCUT2D eigenvalue weighted by Gasteiger charge is 2.23. The molecule has 0 atom stereocenters. The van der Waals surface area contributed by atoms with Gasteiger partial charge < -0.3 is 48.0 Å². The van der Waals surface area contributed by atoms with Crippen LogP contribution in [-0.4, -0.2) is 148 Å². The first kappa shape index (κ1) is 31.9. The summed E-state index contributed by atoms with van der Waals surface area (Å²) in [6.45, 7) is 10.5. The third-order valence-electron chi connectivity index (χ3n) is 8.15. The molecule has 0 saturated carbocycles. The number of hydrazone groups is 1. The van der Waals surface area contributed by atoms with Crippen LogP contribution in [0.5, 0.6) is 17.5 Å². The smallest absolute Gasteiger partial charge is 0.328 e. The molecule has 1 N–H and O–H groups in total. The largest absolute Gasteiger partial charge is 0.493 e. The summed E-state index contributed by atoms with van der Waals surface area (Å²) >= 11 is 0. The summed E-state index contributed by atoms with van der Waals surface area (Å²) in [5.41, 5.74) is 3.75. The van der Waals surface area contributed by atoms with E-state index in [-0.39, 0.29) is 6.01 Å². The number of hydrogen-bond acceptors (Lipinski definition) is 18. The van der Waals surface area contributed by atoms with Gasteiger partial charge in [0.25, 0.3) is 0 Å². The quantitative estimate of drug-likeness (QED) is 0.236. The van der Waals surface area contributed by atoms with Crippen LogP contribution in [0.15, 0.2) is 23.3 Å². The fourth-order valence-corrected chi connectivity index (χ4v) is 5.52. The molecule has 18 nitrogen and oxygen atoms in total. The van der Waals surface area contributed by atoms with Gasteiger partial charge >= 0.3 is 6.01 Å². The number of nitrogens with one attached hydrogen (secondary N) is 1. The Balaban J connectivity index is 1.08. The topological polar surface area (TPSA) is 170 Å². The maximum atomic E-state index is 6.22. The van der Waals surface area contributed by atoms with E-state index < -0.39 is 0 Å². The SMILES string of the molecule is COc1cc(/C=N\Nc2nc(N3CCOCC3)nc(N3CCOCC3)n2)ccc1Oc1nc(N2CCOCC2)nc(N2CCOCC2)n1. The first-order valence-electron chi connectivity index (χ1n) is 16.2. The summed E-state index contributed by atoms with van der Waals surface area (Å²) in [5, 5.41) is 4.43. The molecule has 0 radical (unpaired) electrons. The van der Waals surface area contributed by atoms with Crippen LogP contribution in [0, 0.1) is 0 Å². The summed E-state index contributed by atoms with van der Waals surface area (Å²) in [5.74, 6) is 3.56. The van der Waals surface area contributed by atoms with Crippen LogP contribution < -0.4 is 34.5 Å². The Kier molecular flexibility index (Phi) is 10.3. The number of aromatic nitrogens is 6. The third-order valence-corrected chi connectivity index (χ3v) is 8.15. The molecule has 0 amide bonds. The number of morpholine rings is 4. The summed E-state index contributed by atoms with van der Waals surface area (Å²) in [6.07, 6.45) is 1.66. The number of benzene rings is 1. The van der Waals surface area contributed by atoms with Gasteiger partial charge in [-0.2, -0.15) is 35.0 Å². The Labute approximate surface area is 278 Å². The van der Waals surface area contributed by atoms with E-state index in [2.05, 4.69) is 50.1 Å². The molecular weight excluding hydrogens is 624 g/mol. The lowest BCUT2D eigenvalue weighted by Crippen LogP contribution is -2.40. The van der Waals surface area contributed by atoms with E-state index in [4.69, 9.17) is 38.4 Å². The van der Waals surface area contributed by atoms with E-state index >= 15 is 0 Å². The monoisotopic (exact) mass is 664 g/mol. The number of ether oxygens (including phenoxy) is 6. The normalized spacial score (nSPS) is 19.1. The molecule has 0 aliphatic carbocycles. The first-order chi connectivity index (χ1) is 23.7. The predicted molar refractivity (Wildman–Crippen MR) is 176 cm³/mol. The summed E-state index contributed by atoms with van der Waals surface area (Å²) in [7, 11) is 1.58. The van der Waals surface area contributed by atoms with E-state index in [9.17, 15) is 0 Å². The van der Waals surface area contributed by atoms with E-state index in [0.29, 0.717) is 146 Å². The summed E-state index contributed by atoms with van der Waals surface area (Å²) < 4.78 is 34.0. The van der Waals surface area contributed by atoms with Gasteiger partial charge in [-0.3, -0.25) is 0 Å². The molecule has 1 aromatic carbocycles. The van der Waals surface area contributed by atoms with E-state index in [1.54, 1.807) is 19.4 Å². The zero-order valence-electron chi connectivity index (χ0n) is 27.0. The van der Waals surface area contributed by atoms with E-state index in [1.165, 1.54) is 0 Å². The molecular formula is C30H40N12O6. The van der Waals surface area contributed by atoms with E-state index in [0.717, 1.165) is 5.56 Å². The lowest BCUT2D eigenvalue weighted by Gasteiger charge is -2.30. The fraction of sp³-hybridized carbons (Fsp3) is 0.567. The standard InChI is InChI=1S/C30H40N12O6/c1-43-24-20-22(21-31-38-25-32-26(39-4-12-44-13-5-39)34-27(33-25)40-6-14-45-15-7-40)2-3-23(24)48-30-36-28(41-8-16-46-17-9-41)35-29(37-30)42-10-18-47-19-11-42/h2-3,20-21H,4-19H2,1H3,(H,32,33,34,38)/b31-21-. The number of anilines is 5. The summed E-state index contributed by atoms with van der Waals surface area (Å²) in [6, 6.07) is 5.65. The molecule has 4 aliphatic rings. The van der Waals surface area contributed by atoms with Gasteiger partial charge in [-0.25, -0.2) is 5.43 Å². The lowest BCUT2D eigenvalue weighted by molar-refractivity contribution is 0.121. The van der Waals surface area contributed by atoms with Crippen LogP contribution >= 0.6 is 0 Å². The molecule has 3 aromatic rings. The van der Waals surface area contributed by atoms with Crippen LogP contribution in [0.1, 0.15) is 5.56 Å². The zero-order chi connectivity index (χ0) is 32.5. The second-order valence-corrected chi connectivity index (χ2v) is 11.3. The minimum Gasteiger partial charge on any atom is -0.493 e. The molecule has 256 valence electrons. The first-order valence-corrected chi connectivity index (χ1v) is 16.2. The maximum Gasteiger partial charge on any atom is 0.328 e. The van der Waals surface area contributed by atoms with Crippen LogP contribution in [0.25, 0.3) is 0 Å². The van der Waals surface area contributed by atoms with Gasteiger partial charge in [0.2, 0.25) is 29.7 Å². The Morgan fingerprint density at radius 3 is 1.48 bits per heavy atom. The van der Waals surface area contributed by atoms with Crippen molar-refractivity contribution < 1.29 is 28.4 Å². The molecule has 0 bridgehead atoms. The molecule has 2 aromatic heterocycles. The van der Waals surface area contributed by atoms with Gasteiger partial charge in [0.1, 0.15) is 0 Å². The highest BCUT2D eigenvalue weighted by molar-refractivity contribution is 5.81. The van der Waals surface area contributed by atoms with Crippen LogP contribution in [0.4, 0.5) is 29.7 Å². The van der Waals surface area contributed by atoms with Gasteiger partial charge in [0.15, 0.2) is 11.5 Å². The average molecular weight is 665 g/mol. The van der Waals surface area contributed by atoms with Crippen molar-refractivity contribution in [3.05, 3.63) is 23.8 Å². The van der Waals surface area contributed by atoms with Gasteiger partial charge in [0.05, 0.1) is 66.2 Å². The molecule has 4 aliphatic heterocycles. The molecule has 0 unspecified atom stereocenters. The van der Waals surface area contributed by atoms with Gasteiger partial charge in [0, 0.05) is 52.4 Å². The van der Waals surface area contributed by atoms with Crippen LogP contribution in [0.2, 0.25) is 0 Å². The Bertz CT molecular complexity index is 1470. The minimum atomic E-state index is 0.177. The number of methoxy groups -OCH3 is 1. The number of nitrogens with zero attached hydrogens (tertiary/aromatic N) is 11. The molecule has 6 heterocycles. The number of rotatable bonds is 10. The van der Waals surface area contributed by atoms with Crippen molar-refractivity contribution in [1.29, 1.82) is 0 Å². The van der Waals surface area contributed by atoms with Crippen LogP contribution in [-0.2, 0) is 18.9 Å². The molecule has 0 spiro atoms. The van der Waals surface area contributed by atoms with Crippen molar-refractivity contribution in [2.75, 3.05) is 137 Å². The fourth-order valence-electron chi connectivity index (χ4n) is 5.52. The molecule has 4 saturated heterocycles. The highest BCUT2D eigenvalue weighted by Crippen LogP contribution is 2.32. The molecule has 7 rings (SSSR count). The highest BCUT2D eigenvalue weighted by atomic mass is 16.5. The van der Waals surface area contributed by atoms with Crippen molar-refractivity contribution in [2.45, 2.75) is 0 Å². The van der Waals surface area contributed by atoms with Crippen LogP contribution in [0.3, 0.4) is 0 Å². The maximum absolute atomic E-state index is 6.22. The van der Waals surface area contributed by atoms with Crippen molar-refractivity contribution in [3.63, 3.8) is 0 Å². The number of hydrogen-bond donors (Lipinski definition) is 1. The molecule has 18 heteroatoms. The molecule has 4 fully saturated rings. The summed E-state index contributed by atoms with van der Waals surface area (Å²) in [4.78, 5) is 36.4.